The first kappa shape index (κ1) is 28.3. The lowest BCUT2D eigenvalue weighted by Gasteiger charge is -2.19. The van der Waals surface area contributed by atoms with E-state index in [0.29, 0.717) is 5.92 Å². The summed E-state index contributed by atoms with van der Waals surface area (Å²) >= 11 is 0. The van der Waals surface area contributed by atoms with Crippen molar-refractivity contribution in [1.29, 1.82) is 0 Å². The SMILES string of the molecule is CC(C)c1ccc(-c2c3ccccc3c(-c3ccccc3)c3ccc(-c4cccc(-c5cccc6c5oc5ccccc56)c4)cc23)cc1. The third-order valence-corrected chi connectivity index (χ3v) is 9.86. The summed E-state index contributed by atoms with van der Waals surface area (Å²) in [6.45, 7) is 4.51. The fourth-order valence-corrected chi connectivity index (χ4v) is 7.46. The summed E-state index contributed by atoms with van der Waals surface area (Å²) in [6, 6.07) is 59.6. The van der Waals surface area contributed by atoms with Gasteiger partial charge in [-0.15, -0.1) is 0 Å². The third kappa shape index (κ3) is 4.62. The van der Waals surface area contributed by atoms with Gasteiger partial charge in [0.15, 0.2) is 0 Å². The first-order valence-corrected chi connectivity index (χ1v) is 16.8. The Kier molecular flexibility index (Phi) is 6.73. The van der Waals surface area contributed by atoms with Gasteiger partial charge in [0.05, 0.1) is 0 Å². The van der Waals surface area contributed by atoms with E-state index in [9.17, 15) is 0 Å². The van der Waals surface area contributed by atoms with E-state index in [1.807, 2.05) is 12.1 Å². The molecule has 0 spiro atoms. The largest absolute Gasteiger partial charge is 0.455 e. The molecule has 0 aliphatic carbocycles. The van der Waals surface area contributed by atoms with Gasteiger partial charge >= 0.3 is 0 Å². The maximum atomic E-state index is 6.43. The van der Waals surface area contributed by atoms with Crippen LogP contribution < -0.4 is 0 Å². The van der Waals surface area contributed by atoms with Gasteiger partial charge in [0.25, 0.3) is 0 Å². The number of furan rings is 1. The lowest BCUT2D eigenvalue weighted by Crippen LogP contribution is -1.93. The molecular weight excluding hydrogens is 581 g/mol. The Labute approximate surface area is 280 Å². The molecule has 1 heterocycles. The average molecular weight is 615 g/mol. The fourth-order valence-electron chi connectivity index (χ4n) is 7.46. The highest BCUT2D eigenvalue weighted by Gasteiger charge is 2.18. The maximum Gasteiger partial charge on any atom is 0.143 e. The molecule has 0 unspecified atom stereocenters. The molecule has 8 aromatic carbocycles. The highest BCUT2D eigenvalue weighted by Crippen LogP contribution is 2.45. The summed E-state index contributed by atoms with van der Waals surface area (Å²) in [5.74, 6) is 0.484. The molecule has 1 aromatic heterocycles. The lowest BCUT2D eigenvalue weighted by molar-refractivity contribution is 0.670. The van der Waals surface area contributed by atoms with Crippen molar-refractivity contribution in [2.75, 3.05) is 0 Å². The van der Waals surface area contributed by atoms with Crippen LogP contribution in [0.2, 0.25) is 0 Å². The van der Waals surface area contributed by atoms with Crippen LogP contribution in [0.25, 0.3) is 88.0 Å². The van der Waals surface area contributed by atoms with Crippen molar-refractivity contribution in [3.63, 3.8) is 0 Å². The zero-order valence-corrected chi connectivity index (χ0v) is 27.1. The lowest BCUT2D eigenvalue weighted by atomic mass is 9.84. The van der Waals surface area contributed by atoms with E-state index < -0.39 is 0 Å². The second kappa shape index (κ2) is 11.4. The second-order valence-electron chi connectivity index (χ2n) is 13.1. The number of rotatable bonds is 5. The molecule has 0 fully saturated rings. The van der Waals surface area contributed by atoms with Crippen LogP contribution in [-0.4, -0.2) is 0 Å². The maximum absolute atomic E-state index is 6.43. The molecular formula is C47H34O. The molecule has 0 radical (unpaired) electrons. The molecule has 0 atom stereocenters. The Morgan fingerprint density at radius 3 is 1.69 bits per heavy atom. The van der Waals surface area contributed by atoms with E-state index >= 15 is 0 Å². The van der Waals surface area contributed by atoms with Gasteiger partial charge in [-0.2, -0.15) is 0 Å². The minimum atomic E-state index is 0.484. The minimum absolute atomic E-state index is 0.484. The van der Waals surface area contributed by atoms with Crippen molar-refractivity contribution >= 4 is 43.5 Å². The van der Waals surface area contributed by atoms with Gasteiger partial charge in [-0.1, -0.05) is 159 Å². The Morgan fingerprint density at radius 1 is 0.375 bits per heavy atom. The van der Waals surface area contributed by atoms with E-state index in [1.54, 1.807) is 0 Å². The molecule has 0 aliphatic rings. The number of fused-ring (bicyclic) bond motifs is 5. The Morgan fingerprint density at radius 2 is 0.917 bits per heavy atom. The zero-order valence-electron chi connectivity index (χ0n) is 27.1. The van der Waals surface area contributed by atoms with Crippen molar-refractivity contribution in [1.82, 2.24) is 0 Å². The molecule has 0 N–H and O–H groups in total. The molecule has 228 valence electrons. The van der Waals surface area contributed by atoms with Crippen molar-refractivity contribution < 1.29 is 4.42 Å². The van der Waals surface area contributed by atoms with E-state index in [4.69, 9.17) is 4.42 Å². The molecule has 1 heteroatoms. The summed E-state index contributed by atoms with van der Waals surface area (Å²) in [4.78, 5) is 0. The van der Waals surface area contributed by atoms with Crippen LogP contribution in [-0.2, 0) is 0 Å². The van der Waals surface area contributed by atoms with Crippen molar-refractivity contribution in [3.8, 4) is 44.5 Å². The Balaban J connectivity index is 1.28. The predicted molar refractivity (Wildman–Crippen MR) is 205 cm³/mol. The molecule has 1 nitrogen and oxygen atoms in total. The van der Waals surface area contributed by atoms with E-state index in [-0.39, 0.29) is 0 Å². The predicted octanol–water partition coefficient (Wildman–Crippen LogP) is 13.7. The summed E-state index contributed by atoms with van der Waals surface area (Å²) in [5, 5.41) is 7.35. The monoisotopic (exact) mass is 614 g/mol. The summed E-state index contributed by atoms with van der Waals surface area (Å²) < 4.78 is 6.43. The zero-order chi connectivity index (χ0) is 32.2. The Bertz CT molecular complexity index is 2620. The first-order chi connectivity index (χ1) is 23.6. The number of benzene rings is 8. The summed E-state index contributed by atoms with van der Waals surface area (Å²) in [5.41, 5.74) is 12.8. The molecule has 0 amide bonds. The topological polar surface area (TPSA) is 13.1 Å². The highest BCUT2D eigenvalue weighted by atomic mass is 16.3. The van der Waals surface area contributed by atoms with Crippen LogP contribution in [0, 0.1) is 0 Å². The van der Waals surface area contributed by atoms with Crippen molar-refractivity contribution in [3.05, 3.63) is 169 Å². The molecule has 0 saturated heterocycles. The van der Waals surface area contributed by atoms with Crippen molar-refractivity contribution in [2.45, 2.75) is 19.8 Å². The van der Waals surface area contributed by atoms with Crippen molar-refractivity contribution in [2.24, 2.45) is 0 Å². The van der Waals surface area contributed by atoms with Crippen LogP contribution in [0.4, 0.5) is 0 Å². The molecule has 0 bridgehead atoms. The Hall–Kier alpha value is -5.92. The summed E-state index contributed by atoms with van der Waals surface area (Å²) in [7, 11) is 0. The quantitative estimate of drug-likeness (QED) is 0.176. The first-order valence-electron chi connectivity index (χ1n) is 16.8. The standard InChI is InChI=1S/C47H34O/c1-30(2)31-22-24-33(25-23-31)46-40-18-7-6-17-39(40)45(32-12-4-3-5-13-32)41-27-26-35(29-43(41)46)34-14-10-15-36(28-34)37-19-11-20-42-38-16-8-9-21-44(38)48-47(37)42/h3-30H,1-2H3. The molecule has 9 aromatic rings. The molecule has 0 aliphatic heterocycles. The van der Waals surface area contributed by atoms with E-state index in [0.717, 1.165) is 33.1 Å². The van der Waals surface area contributed by atoms with Gasteiger partial charge in [0, 0.05) is 16.3 Å². The van der Waals surface area contributed by atoms with Crippen LogP contribution in [0.15, 0.2) is 168 Å². The summed E-state index contributed by atoms with van der Waals surface area (Å²) in [6.07, 6.45) is 0. The molecule has 0 saturated carbocycles. The normalized spacial score (nSPS) is 11.7. The van der Waals surface area contributed by atoms with Crippen LogP contribution in [0.5, 0.6) is 0 Å². The van der Waals surface area contributed by atoms with Gasteiger partial charge in [0.1, 0.15) is 11.2 Å². The van der Waals surface area contributed by atoms with Gasteiger partial charge < -0.3 is 4.42 Å². The van der Waals surface area contributed by atoms with Gasteiger partial charge in [-0.25, -0.2) is 0 Å². The van der Waals surface area contributed by atoms with Gasteiger partial charge in [-0.3, -0.25) is 0 Å². The number of para-hydroxylation sites is 2. The smallest absolute Gasteiger partial charge is 0.143 e. The van der Waals surface area contributed by atoms with Gasteiger partial charge in [0.2, 0.25) is 0 Å². The minimum Gasteiger partial charge on any atom is -0.455 e. The average Bonchev–Trinajstić information content (AvgIpc) is 3.53. The second-order valence-corrected chi connectivity index (χ2v) is 13.1. The van der Waals surface area contributed by atoms with Gasteiger partial charge in [-0.05, 0) is 90.2 Å². The third-order valence-electron chi connectivity index (χ3n) is 9.86. The number of hydrogen-bond acceptors (Lipinski definition) is 1. The molecule has 9 rings (SSSR count). The fraction of sp³-hybridized carbons (Fsp3) is 0.0638. The van der Waals surface area contributed by atoms with E-state index in [2.05, 4.69) is 166 Å². The number of hydrogen-bond donors (Lipinski definition) is 0. The van der Waals surface area contributed by atoms with Crippen LogP contribution in [0.1, 0.15) is 25.3 Å². The van der Waals surface area contributed by atoms with Crippen LogP contribution >= 0.6 is 0 Å². The van der Waals surface area contributed by atoms with E-state index in [1.165, 1.54) is 60.5 Å². The van der Waals surface area contributed by atoms with Crippen LogP contribution in [0.3, 0.4) is 0 Å². The molecule has 48 heavy (non-hydrogen) atoms. The highest BCUT2D eigenvalue weighted by molar-refractivity contribution is 6.22.